The number of carbonyl (C=O) groups is 1. The number of hydrogen-bond acceptors (Lipinski definition) is 6. The fourth-order valence-corrected chi connectivity index (χ4v) is 3.13. The van der Waals surface area contributed by atoms with Gasteiger partial charge >= 0.3 is 0 Å². The number of nitrogens with zero attached hydrogens (tertiary/aromatic N) is 2. The molecule has 9 heteroatoms. The number of carbonyl (C=O) groups excluding carboxylic acids is 1. The lowest BCUT2D eigenvalue weighted by molar-refractivity contribution is -0.111. The molecule has 30 heavy (non-hydrogen) atoms. The molecule has 0 atom stereocenters. The number of hydrogen-bond donors (Lipinski definition) is 2. The number of halogens is 1. The van der Waals surface area contributed by atoms with Gasteiger partial charge in [0.05, 0.1) is 7.11 Å². The first-order valence-electron chi connectivity index (χ1n) is 9.17. The number of aromatic nitrogens is 3. The lowest BCUT2D eigenvalue weighted by Gasteiger charge is -2.11. The first-order valence-corrected chi connectivity index (χ1v) is 10.5. The van der Waals surface area contributed by atoms with Crippen molar-refractivity contribution in [3.05, 3.63) is 64.7 Å². The van der Waals surface area contributed by atoms with Gasteiger partial charge in [0.1, 0.15) is 6.61 Å². The highest BCUT2D eigenvalue weighted by Crippen LogP contribution is 2.29. The summed E-state index contributed by atoms with van der Waals surface area (Å²) in [4.78, 5) is 16.3. The molecule has 3 aromatic rings. The van der Waals surface area contributed by atoms with Crippen LogP contribution >= 0.6 is 23.4 Å². The summed E-state index contributed by atoms with van der Waals surface area (Å²) in [5.74, 6) is 2.02. The van der Waals surface area contributed by atoms with Gasteiger partial charge in [-0.15, -0.1) is 5.10 Å². The van der Waals surface area contributed by atoms with Crippen molar-refractivity contribution in [1.82, 2.24) is 15.2 Å². The Morgan fingerprint density at radius 3 is 2.77 bits per heavy atom. The van der Waals surface area contributed by atoms with Crippen molar-refractivity contribution >= 4 is 41.3 Å². The SMILES string of the molecule is CCSc1n[nH]c(NC(=O)/C=C/c2ccc(OCc3ccc(Cl)cc3)c(OC)c2)n1. The van der Waals surface area contributed by atoms with E-state index in [0.717, 1.165) is 16.9 Å². The number of methoxy groups -OCH3 is 1. The number of anilines is 1. The predicted octanol–water partition coefficient (Wildman–Crippen LogP) is 4.81. The third kappa shape index (κ3) is 6.27. The van der Waals surface area contributed by atoms with Crippen molar-refractivity contribution in [2.75, 3.05) is 18.2 Å². The van der Waals surface area contributed by atoms with Crippen molar-refractivity contribution in [1.29, 1.82) is 0 Å². The molecule has 0 fully saturated rings. The van der Waals surface area contributed by atoms with E-state index < -0.39 is 0 Å². The number of benzene rings is 2. The van der Waals surface area contributed by atoms with Crippen LogP contribution in [0.5, 0.6) is 11.5 Å². The molecule has 0 saturated carbocycles. The maximum absolute atomic E-state index is 12.1. The monoisotopic (exact) mass is 444 g/mol. The quantitative estimate of drug-likeness (QED) is 0.363. The van der Waals surface area contributed by atoms with Gasteiger partial charge in [0, 0.05) is 11.1 Å². The third-order valence-electron chi connectivity index (χ3n) is 3.90. The van der Waals surface area contributed by atoms with Gasteiger partial charge in [0.25, 0.3) is 5.91 Å². The molecule has 0 aliphatic rings. The molecular weight excluding hydrogens is 424 g/mol. The molecular formula is C21H21ClN4O3S. The molecule has 0 aliphatic carbocycles. The number of amides is 1. The van der Waals surface area contributed by atoms with E-state index in [-0.39, 0.29) is 5.91 Å². The van der Waals surface area contributed by atoms with Gasteiger partial charge in [0.2, 0.25) is 11.1 Å². The van der Waals surface area contributed by atoms with Crippen LogP contribution in [-0.4, -0.2) is 34.0 Å². The molecule has 0 radical (unpaired) electrons. The summed E-state index contributed by atoms with van der Waals surface area (Å²) in [5, 5.41) is 10.6. The molecule has 3 rings (SSSR count). The summed E-state index contributed by atoms with van der Waals surface area (Å²) in [6.45, 7) is 2.39. The largest absolute Gasteiger partial charge is 0.493 e. The van der Waals surface area contributed by atoms with Gasteiger partial charge < -0.3 is 9.47 Å². The molecule has 7 nitrogen and oxygen atoms in total. The Morgan fingerprint density at radius 2 is 2.03 bits per heavy atom. The van der Waals surface area contributed by atoms with Crippen LogP contribution in [0.3, 0.4) is 0 Å². The van der Waals surface area contributed by atoms with Crippen LogP contribution in [0.1, 0.15) is 18.1 Å². The van der Waals surface area contributed by atoms with Gasteiger partial charge in [-0.2, -0.15) is 4.98 Å². The summed E-state index contributed by atoms with van der Waals surface area (Å²) >= 11 is 7.39. The maximum Gasteiger partial charge on any atom is 0.250 e. The zero-order valence-corrected chi connectivity index (χ0v) is 18.1. The minimum absolute atomic E-state index is 0.309. The molecule has 0 bridgehead atoms. The third-order valence-corrected chi connectivity index (χ3v) is 4.88. The van der Waals surface area contributed by atoms with Gasteiger partial charge in [-0.05, 0) is 47.2 Å². The maximum atomic E-state index is 12.1. The van der Waals surface area contributed by atoms with Gasteiger partial charge in [-0.3, -0.25) is 10.1 Å². The number of rotatable bonds is 9. The Bertz CT molecular complexity index is 1020. The van der Waals surface area contributed by atoms with Gasteiger partial charge in [0.15, 0.2) is 11.5 Å². The van der Waals surface area contributed by atoms with E-state index in [9.17, 15) is 4.79 Å². The first-order chi connectivity index (χ1) is 14.6. The lowest BCUT2D eigenvalue weighted by atomic mass is 10.2. The molecule has 2 N–H and O–H groups in total. The average molecular weight is 445 g/mol. The van der Waals surface area contributed by atoms with Crippen LogP contribution < -0.4 is 14.8 Å². The molecule has 1 heterocycles. The van der Waals surface area contributed by atoms with E-state index in [1.165, 1.54) is 17.8 Å². The Morgan fingerprint density at radius 1 is 1.23 bits per heavy atom. The first kappa shape index (κ1) is 21.7. The number of H-pyrrole nitrogens is 1. The fourth-order valence-electron chi connectivity index (χ4n) is 2.48. The second-order valence-corrected chi connectivity index (χ2v) is 7.72. The normalized spacial score (nSPS) is 10.9. The predicted molar refractivity (Wildman–Crippen MR) is 119 cm³/mol. The number of thioether (sulfide) groups is 1. The minimum atomic E-state index is -0.318. The van der Waals surface area contributed by atoms with E-state index in [4.69, 9.17) is 21.1 Å². The molecule has 0 aliphatic heterocycles. The lowest BCUT2D eigenvalue weighted by Crippen LogP contribution is -2.09. The highest BCUT2D eigenvalue weighted by Gasteiger charge is 2.07. The average Bonchev–Trinajstić information content (AvgIpc) is 3.19. The van der Waals surface area contributed by atoms with Crippen LogP contribution in [0, 0.1) is 0 Å². The summed E-state index contributed by atoms with van der Waals surface area (Å²) in [5.41, 5.74) is 1.79. The van der Waals surface area contributed by atoms with Crippen LogP contribution in [0.25, 0.3) is 6.08 Å². The highest BCUT2D eigenvalue weighted by molar-refractivity contribution is 7.99. The highest BCUT2D eigenvalue weighted by atomic mass is 35.5. The molecule has 2 aromatic carbocycles. The molecule has 156 valence electrons. The van der Waals surface area contributed by atoms with E-state index >= 15 is 0 Å². The number of ether oxygens (including phenoxy) is 2. The van der Waals surface area contributed by atoms with Crippen LogP contribution in [0.4, 0.5) is 5.95 Å². The van der Waals surface area contributed by atoms with Crippen LogP contribution in [0.15, 0.2) is 53.7 Å². The molecule has 1 aromatic heterocycles. The molecule has 0 saturated heterocycles. The fraction of sp³-hybridized carbons (Fsp3) is 0.190. The van der Waals surface area contributed by atoms with Crippen molar-refractivity contribution in [2.45, 2.75) is 18.7 Å². The van der Waals surface area contributed by atoms with E-state index in [2.05, 4.69) is 20.5 Å². The Kier molecular flexibility index (Phi) is 7.75. The summed E-state index contributed by atoms with van der Waals surface area (Å²) < 4.78 is 11.3. The second-order valence-electron chi connectivity index (χ2n) is 6.05. The Labute approximate surface area is 183 Å². The summed E-state index contributed by atoms with van der Waals surface area (Å²) in [6, 6.07) is 12.9. The molecule has 0 spiro atoms. The van der Waals surface area contributed by atoms with Crippen molar-refractivity contribution in [3.8, 4) is 11.5 Å². The van der Waals surface area contributed by atoms with Gasteiger partial charge in [-0.1, -0.05) is 48.5 Å². The van der Waals surface area contributed by atoms with E-state index in [1.807, 2.05) is 37.3 Å². The number of nitrogens with one attached hydrogen (secondary N) is 2. The van der Waals surface area contributed by atoms with E-state index in [0.29, 0.717) is 34.2 Å². The minimum Gasteiger partial charge on any atom is -0.493 e. The van der Waals surface area contributed by atoms with Crippen molar-refractivity contribution in [3.63, 3.8) is 0 Å². The van der Waals surface area contributed by atoms with Gasteiger partial charge in [-0.25, -0.2) is 5.10 Å². The standard InChI is InChI=1S/C21H21ClN4O3S/c1-3-30-21-24-20(25-26-21)23-19(27)11-7-14-6-10-17(18(12-14)28-2)29-13-15-4-8-16(22)9-5-15/h4-12H,3,13H2,1-2H3,(H2,23,24,25,26,27)/b11-7+. The number of aromatic amines is 1. The van der Waals surface area contributed by atoms with E-state index in [1.54, 1.807) is 25.3 Å². The zero-order chi connectivity index (χ0) is 21.3. The Hall–Kier alpha value is -2.97. The van der Waals surface area contributed by atoms with Crippen molar-refractivity contribution < 1.29 is 14.3 Å². The second kappa shape index (κ2) is 10.7. The molecule has 1 amide bonds. The van der Waals surface area contributed by atoms with Crippen LogP contribution in [0.2, 0.25) is 5.02 Å². The van der Waals surface area contributed by atoms with Crippen molar-refractivity contribution in [2.24, 2.45) is 0 Å². The summed E-state index contributed by atoms with van der Waals surface area (Å²) in [7, 11) is 1.57. The Balaban J connectivity index is 1.60. The smallest absolute Gasteiger partial charge is 0.250 e. The van der Waals surface area contributed by atoms with Crippen LogP contribution in [-0.2, 0) is 11.4 Å². The zero-order valence-electron chi connectivity index (χ0n) is 16.5. The topological polar surface area (TPSA) is 89.1 Å². The molecule has 0 unspecified atom stereocenters. The summed E-state index contributed by atoms with van der Waals surface area (Å²) in [6.07, 6.45) is 3.09.